The SMILES string of the molecule is Cn1cc(-c2nccc(CNC3CC3)n2)cn1. The molecule has 0 bridgehead atoms. The maximum atomic E-state index is 4.53. The van der Waals surface area contributed by atoms with Gasteiger partial charge in [0.2, 0.25) is 0 Å². The van der Waals surface area contributed by atoms with Crippen molar-refractivity contribution in [1.82, 2.24) is 25.1 Å². The first-order valence-corrected chi connectivity index (χ1v) is 5.85. The molecule has 2 aromatic heterocycles. The molecule has 0 amide bonds. The predicted octanol–water partition coefficient (Wildman–Crippen LogP) is 1.13. The monoisotopic (exact) mass is 229 g/mol. The van der Waals surface area contributed by atoms with Crippen molar-refractivity contribution < 1.29 is 0 Å². The van der Waals surface area contributed by atoms with Crippen molar-refractivity contribution in [3.05, 3.63) is 30.4 Å². The lowest BCUT2D eigenvalue weighted by Crippen LogP contribution is -2.16. The molecule has 1 saturated carbocycles. The Hall–Kier alpha value is -1.75. The molecule has 0 aromatic carbocycles. The molecule has 0 spiro atoms. The molecule has 88 valence electrons. The highest BCUT2D eigenvalue weighted by atomic mass is 15.2. The van der Waals surface area contributed by atoms with E-state index in [1.54, 1.807) is 17.1 Å². The van der Waals surface area contributed by atoms with Gasteiger partial charge < -0.3 is 5.32 Å². The highest BCUT2D eigenvalue weighted by Gasteiger charge is 2.20. The third kappa shape index (κ3) is 2.50. The molecule has 2 heterocycles. The zero-order valence-electron chi connectivity index (χ0n) is 9.80. The van der Waals surface area contributed by atoms with Crippen molar-refractivity contribution in [3.63, 3.8) is 0 Å². The molecule has 0 saturated heterocycles. The van der Waals surface area contributed by atoms with E-state index in [1.807, 2.05) is 19.3 Å². The second-order valence-electron chi connectivity index (χ2n) is 4.43. The molecule has 1 N–H and O–H groups in total. The molecule has 5 heteroatoms. The Morgan fingerprint density at radius 2 is 2.35 bits per heavy atom. The standard InChI is InChI=1S/C12H15N5/c1-17-8-9(6-15-17)12-13-5-4-11(16-12)7-14-10-2-3-10/h4-6,8,10,14H,2-3,7H2,1H3. The fraction of sp³-hybridized carbons (Fsp3) is 0.417. The van der Waals surface area contributed by atoms with Gasteiger partial charge in [-0.15, -0.1) is 0 Å². The summed E-state index contributed by atoms with van der Waals surface area (Å²) < 4.78 is 1.76. The minimum Gasteiger partial charge on any atom is -0.308 e. The summed E-state index contributed by atoms with van der Waals surface area (Å²) in [6.45, 7) is 0.820. The topological polar surface area (TPSA) is 55.6 Å². The Morgan fingerprint density at radius 1 is 1.47 bits per heavy atom. The van der Waals surface area contributed by atoms with Gasteiger partial charge in [-0.25, -0.2) is 9.97 Å². The maximum absolute atomic E-state index is 4.53. The second-order valence-corrected chi connectivity index (χ2v) is 4.43. The summed E-state index contributed by atoms with van der Waals surface area (Å²) in [5, 5.41) is 7.57. The smallest absolute Gasteiger partial charge is 0.162 e. The lowest BCUT2D eigenvalue weighted by molar-refractivity contribution is 0.673. The normalized spacial score (nSPS) is 15.1. The van der Waals surface area contributed by atoms with Gasteiger partial charge in [0.1, 0.15) is 0 Å². The zero-order chi connectivity index (χ0) is 11.7. The highest BCUT2D eigenvalue weighted by molar-refractivity contribution is 5.51. The van der Waals surface area contributed by atoms with Crippen molar-refractivity contribution in [1.29, 1.82) is 0 Å². The zero-order valence-corrected chi connectivity index (χ0v) is 9.80. The molecule has 5 nitrogen and oxygen atoms in total. The van der Waals surface area contributed by atoms with Gasteiger partial charge in [-0.2, -0.15) is 5.10 Å². The Morgan fingerprint density at radius 3 is 3.06 bits per heavy atom. The minimum atomic E-state index is 0.701. The molecular weight excluding hydrogens is 214 g/mol. The van der Waals surface area contributed by atoms with Crippen LogP contribution in [0.15, 0.2) is 24.7 Å². The Bertz CT molecular complexity index is 515. The van der Waals surface area contributed by atoms with Gasteiger partial charge in [0.25, 0.3) is 0 Å². The molecule has 3 rings (SSSR count). The lowest BCUT2D eigenvalue weighted by atomic mass is 10.3. The van der Waals surface area contributed by atoms with Crippen LogP contribution in [-0.2, 0) is 13.6 Å². The quantitative estimate of drug-likeness (QED) is 0.854. The van der Waals surface area contributed by atoms with E-state index in [1.165, 1.54) is 12.8 Å². The van der Waals surface area contributed by atoms with E-state index in [0.717, 1.165) is 23.6 Å². The number of aromatic nitrogens is 4. The largest absolute Gasteiger partial charge is 0.308 e. The first kappa shape index (κ1) is 10.4. The first-order valence-electron chi connectivity index (χ1n) is 5.85. The van der Waals surface area contributed by atoms with Crippen LogP contribution < -0.4 is 5.32 Å². The van der Waals surface area contributed by atoms with E-state index in [9.17, 15) is 0 Å². The summed E-state index contributed by atoms with van der Waals surface area (Å²) in [6, 6.07) is 2.65. The second kappa shape index (κ2) is 4.25. The van der Waals surface area contributed by atoms with E-state index in [-0.39, 0.29) is 0 Å². The Labute approximate surface area is 99.9 Å². The number of hydrogen-bond acceptors (Lipinski definition) is 4. The summed E-state index contributed by atoms with van der Waals surface area (Å²) >= 11 is 0. The fourth-order valence-corrected chi connectivity index (χ4v) is 1.71. The van der Waals surface area contributed by atoms with Gasteiger partial charge in [-0.05, 0) is 18.9 Å². The molecule has 1 aliphatic rings. The summed E-state index contributed by atoms with van der Waals surface area (Å²) in [6.07, 6.45) is 8.10. The molecule has 2 aromatic rings. The molecule has 0 atom stereocenters. The van der Waals surface area contributed by atoms with Crippen molar-refractivity contribution in [2.45, 2.75) is 25.4 Å². The summed E-state index contributed by atoms with van der Waals surface area (Å²) in [5.74, 6) is 0.744. The van der Waals surface area contributed by atoms with Gasteiger partial charge in [-0.1, -0.05) is 0 Å². The molecule has 0 unspecified atom stereocenters. The molecule has 0 aliphatic heterocycles. The van der Waals surface area contributed by atoms with Crippen LogP contribution >= 0.6 is 0 Å². The van der Waals surface area contributed by atoms with Crippen molar-refractivity contribution in [2.75, 3.05) is 0 Å². The summed E-state index contributed by atoms with van der Waals surface area (Å²) in [4.78, 5) is 8.80. The van der Waals surface area contributed by atoms with Gasteiger partial charge in [0, 0.05) is 32.0 Å². The van der Waals surface area contributed by atoms with Crippen LogP contribution in [-0.4, -0.2) is 25.8 Å². The molecule has 0 radical (unpaired) electrons. The average Bonchev–Trinajstić information content (AvgIpc) is 3.08. The molecular formula is C12H15N5. The number of aryl methyl sites for hydroxylation is 1. The summed E-state index contributed by atoms with van der Waals surface area (Å²) in [5.41, 5.74) is 1.99. The lowest BCUT2D eigenvalue weighted by Gasteiger charge is -2.03. The van der Waals surface area contributed by atoms with Crippen LogP contribution in [0.3, 0.4) is 0 Å². The Balaban J connectivity index is 1.77. The Kier molecular flexibility index (Phi) is 2.60. The maximum Gasteiger partial charge on any atom is 0.162 e. The highest BCUT2D eigenvalue weighted by Crippen LogP contribution is 2.19. The predicted molar refractivity (Wildman–Crippen MR) is 64.1 cm³/mol. The number of hydrogen-bond donors (Lipinski definition) is 1. The molecule has 1 aliphatic carbocycles. The third-order valence-electron chi connectivity index (χ3n) is 2.83. The number of nitrogens with zero attached hydrogens (tertiary/aromatic N) is 4. The van der Waals surface area contributed by atoms with Crippen LogP contribution in [0, 0.1) is 0 Å². The van der Waals surface area contributed by atoms with E-state index < -0.39 is 0 Å². The van der Waals surface area contributed by atoms with Gasteiger partial charge in [0.15, 0.2) is 5.82 Å². The van der Waals surface area contributed by atoms with Crippen molar-refractivity contribution in [3.8, 4) is 11.4 Å². The van der Waals surface area contributed by atoms with E-state index in [0.29, 0.717) is 6.04 Å². The van der Waals surface area contributed by atoms with Crippen molar-refractivity contribution >= 4 is 0 Å². The number of nitrogens with one attached hydrogen (secondary N) is 1. The van der Waals surface area contributed by atoms with Crippen LogP contribution in [0.25, 0.3) is 11.4 Å². The van der Waals surface area contributed by atoms with Gasteiger partial charge in [0.05, 0.1) is 17.5 Å². The third-order valence-corrected chi connectivity index (χ3v) is 2.83. The molecule has 1 fully saturated rings. The van der Waals surface area contributed by atoms with Crippen LogP contribution in [0.4, 0.5) is 0 Å². The minimum absolute atomic E-state index is 0.701. The molecule has 17 heavy (non-hydrogen) atoms. The fourth-order valence-electron chi connectivity index (χ4n) is 1.71. The van der Waals surface area contributed by atoms with Crippen LogP contribution in [0.5, 0.6) is 0 Å². The van der Waals surface area contributed by atoms with Gasteiger partial charge in [-0.3, -0.25) is 4.68 Å². The first-order chi connectivity index (χ1) is 8.31. The van der Waals surface area contributed by atoms with E-state index in [4.69, 9.17) is 0 Å². The van der Waals surface area contributed by atoms with E-state index in [2.05, 4.69) is 20.4 Å². The number of rotatable bonds is 4. The van der Waals surface area contributed by atoms with Crippen LogP contribution in [0.1, 0.15) is 18.5 Å². The summed E-state index contributed by atoms with van der Waals surface area (Å²) in [7, 11) is 1.89. The van der Waals surface area contributed by atoms with Gasteiger partial charge >= 0.3 is 0 Å². The van der Waals surface area contributed by atoms with E-state index >= 15 is 0 Å². The van der Waals surface area contributed by atoms with Crippen molar-refractivity contribution in [2.24, 2.45) is 7.05 Å². The average molecular weight is 229 g/mol. The van der Waals surface area contributed by atoms with Crippen LogP contribution in [0.2, 0.25) is 0 Å².